The quantitative estimate of drug-likeness (QED) is 0.494. The van der Waals surface area contributed by atoms with Crippen molar-refractivity contribution in [1.29, 1.82) is 0 Å². The zero-order valence-corrected chi connectivity index (χ0v) is 12.0. The molecule has 0 bridgehead atoms. The summed E-state index contributed by atoms with van der Waals surface area (Å²) in [5.41, 5.74) is 0.243. The van der Waals surface area contributed by atoms with Crippen LogP contribution in [0, 0.1) is 10.1 Å². The second kappa shape index (κ2) is 4.94. The number of Topliss-reactive ketones (excluding diaryl/α,β-unsaturated/α-hetero) is 1. The first-order chi connectivity index (χ1) is 9.97. The average Bonchev–Trinajstić information content (AvgIpc) is 2.96. The van der Waals surface area contributed by atoms with E-state index in [1.54, 1.807) is 12.1 Å². The first-order valence-electron chi connectivity index (χ1n) is 5.86. The number of halogens is 1. The van der Waals surface area contributed by atoms with Gasteiger partial charge in [0.05, 0.1) is 27.1 Å². The van der Waals surface area contributed by atoms with Crippen molar-refractivity contribution < 1.29 is 14.5 Å². The van der Waals surface area contributed by atoms with Crippen molar-refractivity contribution >= 4 is 46.0 Å². The lowest BCUT2D eigenvalue weighted by Gasteiger charge is -2.14. The maximum Gasteiger partial charge on any atom is 0.299 e. The van der Waals surface area contributed by atoms with Gasteiger partial charge in [-0.2, -0.15) is 0 Å². The van der Waals surface area contributed by atoms with E-state index in [0.29, 0.717) is 10.0 Å². The number of hydrogen-bond acceptors (Lipinski definition) is 5. The molecule has 0 aliphatic carbocycles. The Labute approximate surface area is 127 Å². The number of non-ortho nitro benzene ring substituents is 1. The summed E-state index contributed by atoms with van der Waals surface area (Å²) in [6, 6.07) is 7.32. The van der Waals surface area contributed by atoms with Crippen LogP contribution in [0.5, 0.6) is 0 Å². The van der Waals surface area contributed by atoms with Gasteiger partial charge in [-0.1, -0.05) is 11.6 Å². The minimum Gasteiger partial charge on any atom is -0.300 e. The van der Waals surface area contributed by atoms with E-state index in [0.717, 1.165) is 10.9 Å². The second-order valence-corrected chi connectivity index (χ2v) is 6.18. The van der Waals surface area contributed by atoms with E-state index in [4.69, 9.17) is 11.6 Å². The first-order valence-corrected chi connectivity index (χ1v) is 7.05. The third-order valence-corrected chi connectivity index (χ3v) is 4.32. The van der Waals surface area contributed by atoms with Gasteiger partial charge in [0.25, 0.3) is 17.4 Å². The minimum absolute atomic E-state index is 0.0665. The molecule has 1 amide bonds. The van der Waals surface area contributed by atoms with Gasteiger partial charge in [0.2, 0.25) is 0 Å². The van der Waals surface area contributed by atoms with Gasteiger partial charge in [-0.3, -0.25) is 24.6 Å². The highest BCUT2D eigenvalue weighted by Crippen LogP contribution is 2.34. The number of fused-ring (bicyclic) bond motifs is 1. The van der Waals surface area contributed by atoms with E-state index in [9.17, 15) is 19.7 Å². The summed E-state index contributed by atoms with van der Waals surface area (Å²) in [6.07, 6.45) is 0. The van der Waals surface area contributed by atoms with Crippen LogP contribution in [0.2, 0.25) is 4.34 Å². The SMILES string of the molecule is O=C1C(=O)N(Cc2ccc(Cl)s2)c2ccc([N+](=O)[O-])cc21. The highest BCUT2D eigenvalue weighted by molar-refractivity contribution is 7.16. The van der Waals surface area contributed by atoms with Gasteiger partial charge in [-0.15, -0.1) is 11.3 Å². The summed E-state index contributed by atoms with van der Waals surface area (Å²) in [7, 11) is 0. The lowest BCUT2D eigenvalue weighted by molar-refractivity contribution is -0.384. The molecule has 1 aliphatic heterocycles. The van der Waals surface area contributed by atoms with E-state index < -0.39 is 16.6 Å². The molecule has 2 aromatic rings. The van der Waals surface area contributed by atoms with Gasteiger partial charge in [-0.25, -0.2) is 0 Å². The van der Waals surface area contributed by atoms with Gasteiger partial charge in [0.15, 0.2) is 0 Å². The number of hydrogen-bond donors (Lipinski definition) is 0. The number of carbonyl (C=O) groups is 2. The van der Waals surface area contributed by atoms with Crippen molar-refractivity contribution in [2.24, 2.45) is 0 Å². The zero-order chi connectivity index (χ0) is 15.1. The largest absolute Gasteiger partial charge is 0.300 e. The molecule has 1 aliphatic rings. The minimum atomic E-state index is -0.726. The molecule has 0 unspecified atom stereocenters. The van der Waals surface area contributed by atoms with Crippen LogP contribution < -0.4 is 4.90 Å². The molecule has 3 rings (SSSR count). The van der Waals surface area contributed by atoms with Crippen molar-refractivity contribution in [2.75, 3.05) is 4.90 Å². The standard InChI is InChI=1S/C13H7ClN2O4S/c14-11-4-2-8(21-11)6-15-10-3-1-7(16(19)20)5-9(10)12(17)13(15)18/h1-5H,6H2. The smallest absolute Gasteiger partial charge is 0.299 e. The summed E-state index contributed by atoms with van der Waals surface area (Å²) >= 11 is 7.15. The van der Waals surface area contributed by atoms with E-state index in [-0.39, 0.29) is 17.8 Å². The Kier molecular flexibility index (Phi) is 3.23. The maximum atomic E-state index is 12.0. The molecule has 1 aromatic heterocycles. The Morgan fingerprint density at radius 2 is 2.00 bits per heavy atom. The molecule has 0 atom stereocenters. The molecule has 8 heteroatoms. The zero-order valence-electron chi connectivity index (χ0n) is 10.4. The molecule has 0 fully saturated rings. The number of rotatable bonds is 3. The van der Waals surface area contributed by atoms with Gasteiger partial charge >= 0.3 is 0 Å². The molecule has 2 heterocycles. The summed E-state index contributed by atoms with van der Waals surface area (Å²) < 4.78 is 0.590. The number of carbonyl (C=O) groups excluding carboxylic acids is 2. The lowest BCUT2D eigenvalue weighted by Crippen LogP contribution is -2.28. The van der Waals surface area contributed by atoms with Crippen LogP contribution in [0.1, 0.15) is 15.2 Å². The van der Waals surface area contributed by atoms with Crippen molar-refractivity contribution in [2.45, 2.75) is 6.54 Å². The van der Waals surface area contributed by atoms with E-state index >= 15 is 0 Å². The van der Waals surface area contributed by atoms with E-state index in [2.05, 4.69) is 0 Å². The number of ketones is 1. The van der Waals surface area contributed by atoms with Crippen LogP contribution in [-0.4, -0.2) is 16.6 Å². The van der Waals surface area contributed by atoms with Crippen molar-refractivity contribution in [1.82, 2.24) is 0 Å². The third kappa shape index (κ3) is 2.30. The summed E-state index contributed by atoms with van der Waals surface area (Å²) in [6.45, 7) is 0.215. The van der Waals surface area contributed by atoms with Gasteiger partial charge in [0.1, 0.15) is 0 Å². The number of nitrogens with zero attached hydrogens (tertiary/aromatic N) is 2. The fourth-order valence-electron chi connectivity index (χ4n) is 2.15. The Morgan fingerprint density at radius 3 is 2.62 bits per heavy atom. The van der Waals surface area contributed by atoms with Gasteiger partial charge in [-0.05, 0) is 18.2 Å². The third-order valence-electron chi connectivity index (χ3n) is 3.11. The number of amides is 1. The molecule has 6 nitrogen and oxygen atoms in total. The van der Waals surface area contributed by atoms with Crippen LogP contribution in [-0.2, 0) is 11.3 Å². The number of nitro benzene ring substituents is 1. The molecule has 21 heavy (non-hydrogen) atoms. The Morgan fingerprint density at radius 1 is 1.24 bits per heavy atom. The molecular weight excluding hydrogens is 316 g/mol. The van der Waals surface area contributed by atoms with Crippen molar-refractivity contribution in [3.63, 3.8) is 0 Å². The van der Waals surface area contributed by atoms with Crippen molar-refractivity contribution in [3.05, 3.63) is 55.2 Å². The predicted molar refractivity (Wildman–Crippen MR) is 77.9 cm³/mol. The monoisotopic (exact) mass is 322 g/mol. The van der Waals surface area contributed by atoms with Gasteiger partial charge < -0.3 is 0 Å². The molecule has 0 spiro atoms. The van der Waals surface area contributed by atoms with Crippen LogP contribution in [0.3, 0.4) is 0 Å². The molecule has 0 N–H and O–H groups in total. The van der Waals surface area contributed by atoms with Gasteiger partial charge in [0, 0.05) is 17.0 Å². The van der Waals surface area contributed by atoms with Crippen LogP contribution >= 0.6 is 22.9 Å². The Balaban J connectivity index is 2.00. The molecule has 1 aromatic carbocycles. The fraction of sp³-hybridized carbons (Fsp3) is 0.0769. The predicted octanol–water partition coefficient (Wildman–Crippen LogP) is 3.04. The number of thiophene rings is 1. The fourth-order valence-corrected chi connectivity index (χ4v) is 3.23. The molecule has 0 saturated heterocycles. The summed E-state index contributed by atoms with van der Waals surface area (Å²) in [5, 5.41) is 10.7. The Hall–Kier alpha value is -2.25. The summed E-state index contributed by atoms with van der Waals surface area (Å²) in [5.74, 6) is -1.41. The highest BCUT2D eigenvalue weighted by atomic mass is 35.5. The number of nitro groups is 1. The lowest BCUT2D eigenvalue weighted by atomic mass is 10.1. The highest BCUT2D eigenvalue weighted by Gasteiger charge is 2.37. The second-order valence-electron chi connectivity index (χ2n) is 4.38. The normalized spacial score (nSPS) is 13.7. The van der Waals surface area contributed by atoms with Crippen LogP contribution in [0.4, 0.5) is 11.4 Å². The molecule has 106 valence electrons. The molecule has 0 saturated carbocycles. The molecular formula is C13H7ClN2O4S. The topological polar surface area (TPSA) is 80.5 Å². The number of anilines is 1. The average molecular weight is 323 g/mol. The van der Waals surface area contributed by atoms with Crippen molar-refractivity contribution in [3.8, 4) is 0 Å². The van der Waals surface area contributed by atoms with E-state index in [1.165, 1.54) is 28.4 Å². The number of benzene rings is 1. The summed E-state index contributed by atoms with van der Waals surface area (Å²) in [4.78, 5) is 36.3. The molecule has 0 radical (unpaired) electrons. The Bertz CT molecular complexity index is 786. The van der Waals surface area contributed by atoms with Crippen LogP contribution in [0.15, 0.2) is 30.3 Å². The first kappa shape index (κ1) is 13.7. The van der Waals surface area contributed by atoms with Crippen LogP contribution in [0.25, 0.3) is 0 Å². The maximum absolute atomic E-state index is 12.0. The van der Waals surface area contributed by atoms with E-state index in [1.807, 2.05) is 0 Å².